The fourth-order valence-corrected chi connectivity index (χ4v) is 2.74. The molecule has 0 aromatic heterocycles. The van der Waals surface area contributed by atoms with Crippen LogP contribution in [-0.4, -0.2) is 42.5 Å². The number of carboxylic acids is 1. The van der Waals surface area contributed by atoms with Crippen molar-refractivity contribution in [3.63, 3.8) is 0 Å². The highest BCUT2D eigenvalue weighted by molar-refractivity contribution is 7.99. The number of carboxylic acid groups (broad SMARTS) is 1. The van der Waals surface area contributed by atoms with E-state index in [1.54, 1.807) is 12.1 Å². The predicted octanol–water partition coefficient (Wildman–Crippen LogP) is 2.57. The fourth-order valence-electron chi connectivity index (χ4n) is 1.66. The first-order chi connectivity index (χ1) is 10.5. The first-order valence-electron chi connectivity index (χ1n) is 6.83. The van der Waals surface area contributed by atoms with Gasteiger partial charge in [-0.25, -0.2) is 4.79 Å². The van der Waals surface area contributed by atoms with Crippen molar-refractivity contribution in [2.24, 2.45) is 0 Å². The molecule has 5 nitrogen and oxygen atoms in total. The highest BCUT2D eigenvalue weighted by atomic mass is 32.2. The van der Waals surface area contributed by atoms with Crippen LogP contribution in [0.3, 0.4) is 0 Å². The highest BCUT2D eigenvalue weighted by Gasteiger charge is 2.21. The van der Waals surface area contributed by atoms with E-state index in [9.17, 15) is 9.59 Å². The van der Waals surface area contributed by atoms with E-state index in [4.69, 9.17) is 9.84 Å². The largest absolute Gasteiger partial charge is 0.480 e. The third kappa shape index (κ3) is 5.91. The van der Waals surface area contributed by atoms with Crippen molar-refractivity contribution in [1.82, 2.24) is 5.32 Å². The van der Waals surface area contributed by atoms with Crippen molar-refractivity contribution in [2.75, 3.05) is 19.5 Å². The smallest absolute Gasteiger partial charge is 0.328 e. The Balaban J connectivity index is 2.84. The van der Waals surface area contributed by atoms with Crippen LogP contribution in [-0.2, 0) is 9.53 Å². The van der Waals surface area contributed by atoms with Gasteiger partial charge in [-0.05, 0) is 26.0 Å². The molecule has 0 spiro atoms. The molecule has 120 valence electrons. The Kier molecular flexibility index (Phi) is 7.70. The van der Waals surface area contributed by atoms with E-state index in [1.807, 2.05) is 26.0 Å². The average molecular weight is 323 g/mol. The zero-order chi connectivity index (χ0) is 16.5. The third-order valence-electron chi connectivity index (χ3n) is 2.80. The van der Waals surface area contributed by atoms with Crippen LogP contribution in [0.5, 0.6) is 0 Å². The van der Waals surface area contributed by atoms with Gasteiger partial charge in [-0.3, -0.25) is 4.79 Å². The number of rotatable bonds is 8. The van der Waals surface area contributed by atoms with Crippen LogP contribution in [0.1, 0.15) is 24.2 Å². The Hall–Kier alpha value is -1.79. The Labute approximate surface area is 134 Å². The molecule has 0 fully saturated rings. The fraction of sp³-hybridized carbons (Fsp3) is 0.375. The molecule has 1 rings (SSSR count). The van der Waals surface area contributed by atoms with Crippen molar-refractivity contribution >= 4 is 23.6 Å². The summed E-state index contributed by atoms with van der Waals surface area (Å²) in [6.45, 7) is 3.96. The van der Waals surface area contributed by atoms with Crippen molar-refractivity contribution in [1.29, 1.82) is 0 Å². The predicted molar refractivity (Wildman–Crippen MR) is 87.4 cm³/mol. The number of amides is 1. The van der Waals surface area contributed by atoms with E-state index in [-0.39, 0.29) is 6.61 Å². The number of ether oxygens (including phenoxy) is 1. The van der Waals surface area contributed by atoms with Gasteiger partial charge in [0.1, 0.15) is 0 Å². The van der Waals surface area contributed by atoms with Gasteiger partial charge in [0.05, 0.1) is 12.2 Å². The number of hydrogen-bond acceptors (Lipinski definition) is 4. The second-order valence-electron chi connectivity index (χ2n) is 4.91. The third-order valence-corrected chi connectivity index (χ3v) is 3.80. The lowest BCUT2D eigenvalue weighted by Gasteiger charge is -2.15. The van der Waals surface area contributed by atoms with Gasteiger partial charge in [0, 0.05) is 17.8 Å². The van der Waals surface area contributed by atoms with Gasteiger partial charge in [-0.15, -0.1) is 11.8 Å². The molecule has 0 bridgehead atoms. The summed E-state index contributed by atoms with van der Waals surface area (Å²) in [5.74, 6) is -0.776. The van der Waals surface area contributed by atoms with Gasteiger partial charge >= 0.3 is 5.97 Å². The molecule has 1 aromatic rings. The number of nitrogens with one attached hydrogen (secondary N) is 1. The first-order valence-corrected chi connectivity index (χ1v) is 7.82. The van der Waals surface area contributed by atoms with E-state index >= 15 is 0 Å². The molecule has 0 aliphatic rings. The van der Waals surface area contributed by atoms with Crippen LogP contribution in [0.25, 0.3) is 0 Å². The lowest BCUT2D eigenvalue weighted by atomic mass is 10.2. The average Bonchev–Trinajstić information content (AvgIpc) is 2.46. The van der Waals surface area contributed by atoms with E-state index in [0.717, 1.165) is 10.6 Å². The number of allylic oxidation sites excluding steroid dienone is 1. The van der Waals surface area contributed by atoms with Gasteiger partial charge < -0.3 is 15.2 Å². The van der Waals surface area contributed by atoms with E-state index in [2.05, 4.69) is 11.4 Å². The summed E-state index contributed by atoms with van der Waals surface area (Å²) < 4.78 is 4.81. The summed E-state index contributed by atoms with van der Waals surface area (Å²) in [6, 6.07) is 6.08. The van der Waals surface area contributed by atoms with Gasteiger partial charge in [0.25, 0.3) is 5.91 Å². The minimum absolute atomic E-state index is 0.0752. The number of thioether (sulfide) groups is 1. The molecule has 0 heterocycles. The molecule has 0 radical (unpaired) electrons. The Morgan fingerprint density at radius 1 is 1.36 bits per heavy atom. The van der Waals surface area contributed by atoms with Crippen LogP contribution in [0.4, 0.5) is 0 Å². The SMILES string of the molecule is COCC(NC(=O)c1ccccc1SCC=C(C)C)C(=O)O. The van der Waals surface area contributed by atoms with Crippen molar-refractivity contribution in [2.45, 2.75) is 24.8 Å². The summed E-state index contributed by atoms with van der Waals surface area (Å²) in [5, 5.41) is 11.5. The van der Waals surface area contributed by atoms with Crippen LogP contribution in [0.2, 0.25) is 0 Å². The molecule has 22 heavy (non-hydrogen) atoms. The Bertz CT molecular complexity index is 553. The number of carbonyl (C=O) groups excluding carboxylic acids is 1. The lowest BCUT2D eigenvalue weighted by Crippen LogP contribution is -2.43. The van der Waals surface area contributed by atoms with Crippen molar-refractivity contribution in [3.8, 4) is 0 Å². The molecule has 0 aliphatic carbocycles. The Morgan fingerprint density at radius 2 is 2.05 bits per heavy atom. The molecule has 1 aromatic carbocycles. The van der Waals surface area contributed by atoms with Gasteiger partial charge in [0.2, 0.25) is 0 Å². The lowest BCUT2D eigenvalue weighted by molar-refractivity contribution is -0.140. The quantitative estimate of drug-likeness (QED) is 0.568. The van der Waals surface area contributed by atoms with Crippen LogP contribution in [0.15, 0.2) is 40.8 Å². The molecule has 0 saturated heterocycles. The van der Waals surface area contributed by atoms with Gasteiger partial charge in [-0.2, -0.15) is 0 Å². The van der Waals surface area contributed by atoms with Crippen LogP contribution in [0, 0.1) is 0 Å². The molecule has 6 heteroatoms. The second kappa shape index (κ2) is 9.27. The normalized spacial score (nSPS) is 11.6. The summed E-state index contributed by atoms with van der Waals surface area (Å²) in [7, 11) is 1.39. The van der Waals surface area contributed by atoms with Crippen LogP contribution < -0.4 is 5.32 Å². The molecular weight excluding hydrogens is 302 g/mol. The number of aliphatic carboxylic acids is 1. The maximum Gasteiger partial charge on any atom is 0.328 e. The van der Waals surface area contributed by atoms with Gasteiger partial charge in [-0.1, -0.05) is 23.8 Å². The number of methoxy groups -OCH3 is 1. The second-order valence-corrected chi connectivity index (χ2v) is 5.97. The maximum absolute atomic E-state index is 12.3. The minimum atomic E-state index is -1.12. The molecular formula is C16H21NO4S. The molecule has 1 atom stereocenters. The summed E-state index contributed by atoms with van der Waals surface area (Å²) in [6.07, 6.45) is 2.07. The maximum atomic E-state index is 12.3. The summed E-state index contributed by atoms with van der Waals surface area (Å²) in [4.78, 5) is 24.2. The zero-order valence-corrected chi connectivity index (χ0v) is 13.8. The van der Waals surface area contributed by atoms with E-state index in [0.29, 0.717) is 5.56 Å². The highest BCUT2D eigenvalue weighted by Crippen LogP contribution is 2.23. The van der Waals surface area contributed by atoms with Gasteiger partial charge in [0.15, 0.2) is 6.04 Å². The minimum Gasteiger partial charge on any atom is -0.480 e. The molecule has 0 saturated carbocycles. The molecule has 2 N–H and O–H groups in total. The monoisotopic (exact) mass is 323 g/mol. The first kappa shape index (κ1) is 18.3. The molecule has 1 unspecified atom stereocenters. The zero-order valence-electron chi connectivity index (χ0n) is 13.0. The topological polar surface area (TPSA) is 75.6 Å². The number of hydrogen-bond donors (Lipinski definition) is 2. The van der Waals surface area contributed by atoms with E-state index in [1.165, 1.54) is 24.4 Å². The molecule has 0 aliphatic heterocycles. The number of carbonyl (C=O) groups is 2. The van der Waals surface area contributed by atoms with E-state index < -0.39 is 17.9 Å². The summed E-state index contributed by atoms with van der Waals surface area (Å²) in [5.41, 5.74) is 1.68. The number of benzene rings is 1. The Morgan fingerprint density at radius 3 is 2.64 bits per heavy atom. The van der Waals surface area contributed by atoms with Crippen molar-refractivity contribution in [3.05, 3.63) is 41.5 Å². The summed E-state index contributed by atoms with van der Waals surface area (Å²) >= 11 is 1.54. The van der Waals surface area contributed by atoms with Crippen molar-refractivity contribution < 1.29 is 19.4 Å². The van der Waals surface area contributed by atoms with Crippen LogP contribution >= 0.6 is 11.8 Å². The molecule has 1 amide bonds. The standard InChI is InChI=1S/C16H21NO4S/c1-11(2)8-9-22-14-7-5-4-6-12(14)15(18)17-13(10-21-3)16(19)20/h4-8,13H,9-10H2,1-3H3,(H,17,18)(H,19,20).